The molecule has 1 aromatic heterocycles. The van der Waals surface area contributed by atoms with Crippen molar-refractivity contribution in [1.82, 2.24) is 3.97 Å². The summed E-state index contributed by atoms with van der Waals surface area (Å²) in [7, 11) is -3.96. The van der Waals surface area contributed by atoms with Gasteiger partial charge in [-0.15, -0.1) is 0 Å². The van der Waals surface area contributed by atoms with Crippen molar-refractivity contribution in [2.75, 3.05) is 13.2 Å². The van der Waals surface area contributed by atoms with E-state index >= 15 is 0 Å². The van der Waals surface area contributed by atoms with E-state index in [0.29, 0.717) is 30.1 Å². The number of fused-ring (bicyclic) bond motifs is 3. The first-order chi connectivity index (χ1) is 14.9. The highest BCUT2D eigenvalue weighted by molar-refractivity contribution is 7.90. The molecule has 3 aromatic rings. The SMILES string of the molecule is CCOC(=O)C1C=NCCc2c1n(S(=O)(=O)c1ccc(C(C)C)cc1)c1ccccc21. The highest BCUT2D eigenvalue weighted by atomic mass is 32.2. The van der Waals surface area contributed by atoms with Gasteiger partial charge in [0.25, 0.3) is 10.0 Å². The van der Waals surface area contributed by atoms with Gasteiger partial charge < -0.3 is 4.74 Å². The van der Waals surface area contributed by atoms with Gasteiger partial charge in [-0.25, -0.2) is 12.4 Å². The smallest absolute Gasteiger partial charge is 0.320 e. The van der Waals surface area contributed by atoms with Crippen molar-refractivity contribution < 1.29 is 17.9 Å². The summed E-state index contributed by atoms with van der Waals surface area (Å²) in [5.41, 5.74) is 2.87. The van der Waals surface area contributed by atoms with Crippen LogP contribution < -0.4 is 0 Å². The number of ether oxygens (including phenoxy) is 1. The lowest BCUT2D eigenvalue weighted by atomic mass is 10.0. The molecule has 0 spiro atoms. The first kappa shape index (κ1) is 21.3. The molecule has 0 amide bonds. The lowest BCUT2D eigenvalue weighted by Gasteiger charge is -2.17. The fourth-order valence-electron chi connectivity index (χ4n) is 4.09. The predicted octanol–water partition coefficient (Wildman–Crippen LogP) is 4.28. The molecule has 162 valence electrons. The average Bonchev–Trinajstić information content (AvgIpc) is 2.93. The molecule has 0 radical (unpaired) electrons. The Kier molecular flexibility index (Phi) is 5.71. The van der Waals surface area contributed by atoms with E-state index in [-0.39, 0.29) is 11.5 Å². The Balaban J connectivity index is 1.99. The number of carbonyl (C=O) groups excluding carboxylic acids is 1. The maximum Gasteiger partial charge on any atom is 0.320 e. The van der Waals surface area contributed by atoms with E-state index in [1.807, 2.05) is 30.3 Å². The van der Waals surface area contributed by atoms with E-state index < -0.39 is 21.9 Å². The van der Waals surface area contributed by atoms with Crippen LogP contribution in [0.15, 0.2) is 58.4 Å². The molecule has 0 aliphatic carbocycles. The second kappa shape index (κ2) is 8.30. The van der Waals surface area contributed by atoms with Crippen LogP contribution in [-0.2, 0) is 26.0 Å². The lowest BCUT2D eigenvalue weighted by Crippen LogP contribution is -2.24. The van der Waals surface area contributed by atoms with Crippen molar-refractivity contribution in [2.24, 2.45) is 4.99 Å². The molecule has 2 heterocycles. The number of benzene rings is 2. The predicted molar refractivity (Wildman–Crippen MR) is 121 cm³/mol. The van der Waals surface area contributed by atoms with E-state index in [1.165, 1.54) is 10.2 Å². The average molecular weight is 439 g/mol. The van der Waals surface area contributed by atoms with Crippen molar-refractivity contribution in [2.45, 2.75) is 43.9 Å². The van der Waals surface area contributed by atoms with Crippen LogP contribution in [0.1, 0.15) is 49.4 Å². The largest absolute Gasteiger partial charge is 0.465 e. The molecular formula is C24H26N2O4S. The number of aromatic nitrogens is 1. The number of para-hydroxylation sites is 1. The van der Waals surface area contributed by atoms with Crippen LogP contribution in [0.3, 0.4) is 0 Å². The molecular weight excluding hydrogens is 412 g/mol. The zero-order valence-corrected chi connectivity index (χ0v) is 18.7. The molecule has 2 aromatic carbocycles. The number of hydrogen-bond acceptors (Lipinski definition) is 5. The molecule has 6 nitrogen and oxygen atoms in total. The van der Waals surface area contributed by atoms with E-state index in [1.54, 1.807) is 25.1 Å². The van der Waals surface area contributed by atoms with E-state index in [9.17, 15) is 13.2 Å². The monoisotopic (exact) mass is 438 g/mol. The van der Waals surface area contributed by atoms with Crippen LogP contribution in [0, 0.1) is 0 Å². The number of hydrogen-bond donors (Lipinski definition) is 0. The Labute approximate surface area is 182 Å². The number of rotatable bonds is 5. The highest BCUT2D eigenvalue weighted by Crippen LogP contribution is 2.36. The molecule has 31 heavy (non-hydrogen) atoms. The highest BCUT2D eigenvalue weighted by Gasteiger charge is 2.35. The Morgan fingerprint density at radius 2 is 1.87 bits per heavy atom. The first-order valence-corrected chi connectivity index (χ1v) is 11.9. The normalized spacial score (nSPS) is 16.3. The van der Waals surface area contributed by atoms with Crippen LogP contribution in [0.4, 0.5) is 0 Å². The third-order valence-corrected chi connectivity index (χ3v) is 7.38. The van der Waals surface area contributed by atoms with Crippen molar-refractivity contribution in [3.8, 4) is 0 Å². The van der Waals surface area contributed by atoms with Crippen LogP contribution in [-0.4, -0.2) is 37.7 Å². The molecule has 7 heteroatoms. The van der Waals surface area contributed by atoms with Gasteiger partial charge in [-0.2, -0.15) is 0 Å². The van der Waals surface area contributed by atoms with Gasteiger partial charge in [0.05, 0.1) is 22.7 Å². The summed E-state index contributed by atoms with van der Waals surface area (Å²) in [5, 5.41) is 0.819. The summed E-state index contributed by atoms with van der Waals surface area (Å²) >= 11 is 0. The van der Waals surface area contributed by atoms with Gasteiger partial charge in [0.2, 0.25) is 0 Å². The molecule has 0 N–H and O–H groups in total. The van der Waals surface area contributed by atoms with Gasteiger partial charge in [0.1, 0.15) is 5.92 Å². The maximum absolute atomic E-state index is 13.9. The zero-order valence-electron chi connectivity index (χ0n) is 17.9. The second-order valence-electron chi connectivity index (χ2n) is 7.91. The van der Waals surface area contributed by atoms with E-state index in [4.69, 9.17) is 4.74 Å². The second-order valence-corrected chi connectivity index (χ2v) is 9.70. The standard InChI is InChI=1S/C24H26N2O4S/c1-4-30-24(27)21-15-25-14-13-20-19-7-5-6-8-22(19)26(23(20)21)31(28,29)18-11-9-17(10-12-18)16(2)3/h5-12,15-16,21H,4,13-14H2,1-3H3. The molecule has 0 bridgehead atoms. The minimum atomic E-state index is -3.96. The molecule has 4 rings (SSSR count). The topological polar surface area (TPSA) is 77.7 Å². The quantitative estimate of drug-likeness (QED) is 0.557. The number of carbonyl (C=O) groups is 1. The molecule has 1 unspecified atom stereocenters. The number of aliphatic imine (C=N–C) groups is 1. The molecule has 0 fully saturated rings. The fraction of sp³-hybridized carbons (Fsp3) is 0.333. The van der Waals surface area contributed by atoms with Crippen LogP contribution >= 0.6 is 0 Å². The summed E-state index contributed by atoms with van der Waals surface area (Å²) < 4.78 is 34.3. The molecule has 1 aliphatic heterocycles. The van der Waals surface area contributed by atoms with Crippen LogP contribution in [0.25, 0.3) is 10.9 Å². The fourth-order valence-corrected chi connectivity index (χ4v) is 5.69. The van der Waals surface area contributed by atoms with Crippen molar-refractivity contribution in [1.29, 1.82) is 0 Å². The molecule has 0 saturated heterocycles. The minimum Gasteiger partial charge on any atom is -0.465 e. The zero-order chi connectivity index (χ0) is 22.2. The third kappa shape index (κ3) is 3.67. The Bertz CT molecular complexity index is 1250. The summed E-state index contributed by atoms with van der Waals surface area (Å²) in [6.07, 6.45) is 2.08. The minimum absolute atomic E-state index is 0.184. The summed E-state index contributed by atoms with van der Waals surface area (Å²) in [5.74, 6) is -1.08. The van der Waals surface area contributed by atoms with Gasteiger partial charge in [-0.3, -0.25) is 9.79 Å². The Morgan fingerprint density at radius 3 is 2.55 bits per heavy atom. The summed E-state index contributed by atoms with van der Waals surface area (Å²) in [4.78, 5) is 17.3. The molecule has 0 saturated carbocycles. The third-order valence-electron chi connectivity index (χ3n) is 5.64. The molecule has 1 aliphatic rings. The summed E-state index contributed by atoms with van der Waals surface area (Å²) in [6.45, 7) is 6.55. The van der Waals surface area contributed by atoms with Crippen LogP contribution in [0.2, 0.25) is 0 Å². The van der Waals surface area contributed by atoms with Gasteiger partial charge >= 0.3 is 5.97 Å². The molecule has 1 atom stereocenters. The van der Waals surface area contributed by atoms with Gasteiger partial charge in [-0.05, 0) is 48.6 Å². The number of esters is 1. The Morgan fingerprint density at radius 1 is 1.16 bits per heavy atom. The van der Waals surface area contributed by atoms with Gasteiger partial charge in [0, 0.05) is 18.1 Å². The van der Waals surface area contributed by atoms with Crippen molar-refractivity contribution in [3.05, 3.63) is 65.4 Å². The lowest BCUT2D eigenvalue weighted by molar-refractivity contribution is -0.143. The van der Waals surface area contributed by atoms with Crippen molar-refractivity contribution in [3.63, 3.8) is 0 Å². The van der Waals surface area contributed by atoms with E-state index in [0.717, 1.165) is 16.5 Å². The maximum atomic E-state index is 13.9. The van der Waals surface area contributed by atoms with E-state index in [2.05, 4.69) is 18.8 Å². The first-order valence-electron chi connectivity index (χ1n) is 10.5. The Hall–Kier alpha value is -2.93. The van der Waals surface area contributed by atoms with Crippen LogP contribution in [0.5, 0.6) is 0 Å². The van der Waals surface area contributed by atoms with Crippen molar-refractivity contribution >= 4 is 33.1 Å². The number of nitrogens with zero attached hydrogens (tertiary/aromatic N) is 2. The van der Waals surface area contributed by atoms with Gasteiger partial charge in [-0.1, -0.05) is 44.2 Å². The van der Waals surface area contributed by atoms with Gasteiger partial charge in [0.15, 0.2) is 0 Å². The summed E-state index contributed by atoms with van der Waals surface area (Å²) in [6, 6.07) is 14.3.